The summed E-state index contributed by atoms with van der Waals surface area (Å²) >= 11 is 0. The van der Waals surface area contributed by atoms with Crippen molar-refractivity contribution in [2.24, 2.45) is 0 Å². The first kappa shape index (κ1) is 25.7. The first-order valence-corrected chi connectivity index (χ1v) is 12.5. The standard InChI is InChI=1S/C31H26FN3O4/c1-4-15-34-30(38)31(13-14-31)35-28(36)21-6-5-18(2)23(17-21)20-9-12-25-24(16-20)26(29(37)33-3)27(39-25)19-7-10-22(32)11-8-19/h1,5-12,16-17H,13-15H2,2-3H3,(H,33,37)(H,34,38)(H,35,36). The number of furan rings is 1. The Bertz CT molecular complexity index is 1660. The zero-order valence-corrected chi connectivity index (χ0v) is 21.5. The third-order valence-corrected chi connectivity index (χ3v) is 6.95. The molecule has 0 radical (unpaired) electrons. The van der Waals surface area contributed by atoms with Crippen molar-refractivity contribution in [3.05, 3.63) is 83.2 Å². The minimum Gasteiger partial charge on any atom is -0.455 e. The van der Waals surface area contributed by atoms with E-state index >= 15 is 0 Å². The fourth-order valence-electron chi connectivity index (χ4n) is 4.62. The number of hydrogen-bond acceptors (Lipinski definition) is 4. The summed E-state index contributed by atoms with van der Waals surface area (Å²) in [5.41, 5.74) is 3.35. The summed E-state index contributed by atoms with van der Waals surface area (Å²) in [4.78, 5) is 38.5. The van der Waals surface area contributed by atoms with Crippen LogP contribution >= 0.6 is 0 Å². The van der Waals surface area contributed by atoms with Crippen LogP contribution in [0.5, 0.6) is 0 Å². The van der Waals surface area contributed by atoms with Crippen LogP contribution < -0.4 is 16.0 Å². The highest BCUT2D eigenvalue weighted by molar-refractivity contribution is 6.12. The average Bonchev–Trinajstić information content (AvgIpc) is 3.63. The molecule has 39 heavy (non-hydrogen) atoms. The molecule has 196 valence electrons. The number of rotatable bonds is 7. The molecule has 1 fully saturated rings. The zero-order valence-electron chi connectivity index (χ0n) is 21.5. The fraction of sp³-hybridized carbons (Fsp3) is 0.194. The van der Waals surface area contributed by atoms with E-state index < -0.39 is 5.54 Å². The average molecular weight is 524 g/mol. The van der Waals surface area contributed by atoms with E-state index in [0.717, 1.165) is 16.7 Å². The molecule has 4 aromatic rings. The summed E-state index contributed by atoms with van der Waals surface area (Å²) in [5, 5.41) is 8.75. The van der Waals surface area contributed by atoms with Gasteiger partial charge in [-0.1, -0.05) is 18.1 Å². The van der Waals surface area contributed by atoms with Crippen LogP contribution in [-0.2, 0) is 4.79 Å². The number of carbonyl (C=O) groups excluding carboxylic acids is 3. The van der Waals surface area contributed by atoms with Crippen LogP contribution in [0.2, 0.25) is 0 Å². The molecule has 1 saturated carbocycles. The Morgan fingerprint density at radius 3 is 2.38 bits per heavy atom. The third kappa shape index (κ3) is 4.87. The molecule has 0 saturated heterocycles. The Hall–Kier alpha value is -4.90. The van der Waals surface area contributed by atoms with Gasteiger partial charge in [-0.2, -0.15) is 0 Å². The molecule has 7 nitrogen and oxygen atoms in total. The molecule has 3 amide bonds. The van der Waals surface area contributed by atoms with Gasteiger partial charge >= 0.3 is 0 Å². The smallest absolute Gasteiger partial charge is 0.255 e. The normalized spacial score (nSPS) is 13.4. The number of halogens is 1. The van der Waals surface area contributed by atoms with E-state index in [0.29, 0.717) is 46.3 Å². The molecule has 1 aliphatic carbocycles. The highest BCUT2D eigenvalue weighted by atomic mass is 19.1. The predicted molar refractivity (Wildman–Crippen MR) is 146 cm³/mol. The molecular weight excluding hydrogens is 497 g/mol. The van der Waals surface area contributed by atoms with Gasteiger partial charge in [0.25, 0.3) is 11.8 Å². The predicted octanol–water partition coefficient (Wildman–Crippen LogP) is 4.59. The summed E-state index contributed by atoms with van der Waals surface area (Å²) in [6.45, 7) is 2.03. The second-order valence-electron chi connectivity index (χ2n) is 9.56. The Balaban J connectivity index is 1.52. The van der Waals surface area contributed by atoms with Crippen molar-refractivity contribution in [3.8, 4) is 34.8 Å². The number of hydrogen-bond donors (Lipinski definition) is 3. The topological polar surface area (TPSA) is 100 Å². The lowest BCUT2D eigenvalue weighted by Gasteiger charge is -2.17. The van der Waals surface area contributed by atoms with Crippen molar-refractivity contribution < 1.29 is 23.2 Å². The molecule has 0 unspecified atom stereocenters. The van der Waals surface area contributed by atoms with Crippen molar-refractivity contribution >= 4 is 28.7 Å². The lowest BCUT2D eigenvalue weighted by Crippen LogP contribution is -2.49. The summed E-state index contributed by atoms with van der Waals surface area (Å²) in [7, 11) is 1.53. The van der Waals surface area contributed by atoms with Gasteiger partial charge in [0.1, 0.15) is 22.7 Å². The van der Waals surface area contributed by atoms with E-state index in [1.165, 1.54) is 19.2 Å². The van der Waals surface area contributed by atoms with E-state index in [9.17, 15) is 18.8 Å². The van der Waals surface area contributed by atoms with Gasteiger partial charge in [0.15, 0.2) is 0 Å². The number of nitrogens with one attached hydrogen (secondary N) is 3. The van der Waals surface area contributed by atoms with E-state index in [2.05, 4.69) is 21.9 Å². The molecule has 3 aromatic carbocycles. The number of fused-ring (bicyclic) bond motifs is 1. The molecular formula is C31H26FN3O4. The molecule has 0 aliphatic heterocycles. The van der Waals surface area contributed by atoms with Crippen LogP contribution in [0, 0.1) is 25.1 Å². The SMILES string of the molecule is C#CCNC(=O)C1(NC(=O)c2ccc(C)c(-c3ccc4oc(-c5ccc(F)cc5)c(C(=O)NC)c4c3)c2)CC1. The molecule has 1 aliphatic rings. The van der Waals surface area contributed by atoms with Crippen LogP contribution in [0.15, 0.2) is 65.1 Å². The van der Waals surface area contributed by atoms with Crippen molar-refractivity contribution in [1.29, 1.82) is 0 Å². The highest BCUT2D eigenvalue weighted by Crippen LogP contribution is 2.38. The molecule has 0 bridgehead atoms. The molecule has 1 aromatic heterocycles. The lowest BCUT2D eigenvalue weighted by atomic mass is 9.95. The van der Waals surface area contributed by atoms with Gasteiger partial charge in [0.05, 0.1) is 12.1 Å². The monoisotopic (exact) mass is 523 g/mol. The maximum absolute atomic E-state index is 13.5. The van der Waals surface area contributed by atoms with Crippen LogP contribution in [0.1, 0.15) is 39.1 Å². The van der Waals surface area contributed by atoms with Gasteiger partial charge in [-0.15, -0.1) is 6.42 Å². The molecule has 1 heterocycles. The number of amides is 3. The third-order valence-electron chi connectivity index (χ3n) is 6.95. The molecule has 0 atom stereocenters. The van der Waals surface area contributed by atoms with E-state index in [-0.39, 0.29) is 30.1 Å². The second kappa shape index (κ2) is 10.1. The van der Waals surface area contributed by atoms with E-state index in [1.807, 2.05) is 25.1 Å². The maximum Gasteiger partial charge on any atom is 0.255 e. The Morgan fingerprint density at radius 1 is 1.00 bits per heavy atom. The minimum absolute atomic E-state index is 0.0997. The summed E-state index contributed by atoms with van der Waals surface area (Å²) in [6.07, 6.45) is 6.32. The minimum atomic E-state index is -0.937. The Labute approximate surface area is 224 Å². The number of carbonyl (C=O) groups is 3. The largest absolute Gasteiger partial charge is 0.455 e. The quantitative estimate of drug-likeness (QED) is 0.309. The van der Waals surface area contributed by atoms with Crippen molar-refractivity contribution in [2.45, 2.75) is 25.3 Å². The number of benzene rings is 3. The highest BCUT2D eigenvalue weighted by Gasteiger charge is 2.51. The van der Waals surface area contributed by atoms with Gasteiger partial charge in [-0.05, 0) is 85.0 Å². The van der Waals surface area contributed by atoms with Crippen molar-refractivity contribution in [1.82, 2.24) is 16.0 Å². The van der Waals surface area contributed by atoms with E-state index in [4.69, 9.17) is 10.8 Å². The fourth-order valence-corrected chi connectivity index (χ4v) is 4.62. The zero-order chi connectivity index (χ0) is 27.7. The summed E-state index contributed by atoms with van der Waals surface area (Å²) in [6, 6.07) is 16.5. The summed E-state index contributed by atoms with van der Waals surface area (Å²) in [5.74, 6) is 1.32. The Kier molecular flexibility index (Phi) is 6.67. The Morgan fingerprint density at radius 2 is 1.72 bits per heavy atom. The lowest BCUT2D eigenvalue weighted by molar-refractivity contribution is -0.123. The van der Waals surface area contributed by atoms with Crippen molar-refractivity contribution in [3.63, 3.8) is 0 Å². The van der Waals surface area contributed by atoms with Crippen LogP contribution in [0.25, 0.3) is 33.4 Å². The second-order valence-corrected chi connectivity index (χ2v) is 9.56. The van der Waals surface area contributed by atoms with Crippen LogP contribution in [-0.4, -0.2) is 36.9 Å². The molecule has 3 N–H and O–H groups in total. The number of terminal acetylenes is 1. The summed E-state index contributed by atoms with van der Waals surface area (Å²) < 4.78 is 19.6. The first-order chi connectivity index (χ1) is 18.8. The number of aryl methyl sites for hydroxylation is 1. The van der Waals surface area contributed by atoms with Gasteiger partial charge < -0.3 is 20.4 Å². The van der Waals surface area contributed by atoms with Gasteiger partial charge in [0, 0.05) is 23.6 Å². The van der Waals surface area contributed by atoms with Crippen LogP contribution in [0.3, 0.4) is 0 Å². The first-order valence-electron chi connectivity index (χ1n) is 12.5. The molecule has 0 spiro atoms. The molecule has 8 heteroatoms. The van der Waals surface area contributed by atoms with Gasteiger partial charge in [-0.25, -0.2) is 4.39 Å². The van der Waals surface area contributed by atoms with Crippen LogP contribution in [0.4, 0.5) is 4.39 Å². The van der Waals surface area contributed by atoms with Crippen molar-refractivity contribution in [2.75, 3.05) is 13.6 Å². The van der Waals surface area contributed by atoms with Gasteiger partial charge in [0.2, 0.25) is 5.91 Å². The van der Waals surface area contributed by atoms with E-state index in [1.54, 1.807) is 30.3 Å². The molecule has 5 rings (SSSR count). The maximum atomic E-state index is 13.5. The van der Waals surface area contributed by atoms with Gasteiger partial charge in [-0.3, -0.25) is 14.4 Å².